The summed E-state index contributed by atoms with van der Waals surface area (Å²) in [7, 11) is 0. The van der Waals surface area contributed by atoms with E-state index in [1.807, 2.05) is 0 Å². The number of amides is 2. The summed E-state index contributed by atoms with van der Waals surface area (Å²) in [6.07, 6.45) is -1.21. The van der Waals surface area contributed by atoms with Crippen molar-refractivity contribution in [3.05, 3.63) is 53.9 Å². The number of halogens is 3. The van der Waals surface area contributed by atoms with E-state index in [4.69, 9.17) is 0 Å². The molecule has 1 aliphatic rings. The Balaban J connectivity index is 1.47. The first-order valence-corrected chi connectivity index (χ1v) is 9.05. The Morgan fingerprint density at radius 1 is 1.17 bits per heavy atom. The third-order valence-electron chi connectivity index (χ3n) is 4.49. The molecule has 1 saturated heterocycles. The number of carbonyl (C=O) groups excluding carboxylic acids is 2. The summed E-state index contributed by atoms with van der Waals surface area (Å²) in [6.45, 7) is 0.968. The Morgan fingerprint density at radius 2 is 1.93 bits per heavy atom. The second kappa shape index (κ2) is 8.89. The number of likely N-dealkylation sites (tertiary alicyclic amines) is 1. The summed E-state index contributed by atoms with van der Waals surface area (Å²) in [5.74, 6) is -0.592. The van der Waals surface area contributed by atoms with Crippen molar-refractivity contribution in [2.24, 2.45) is 5.92 Å². The summed E-state index contributed by atoms with van der Waals surface area (Å²) in [6, 6.07) is 6.55. The minimum absolute atomic E-state index is 0.0411. The quantitative estimate of drug-likeness (QED) is 0.687. The van der Waals surface area contributed by atoms with Crippen LogP contribution in [0.15, 0.2) is 42.7 Å². The van der Waals surface area contributed by atoms with Crippen molar-refractivity contribution in [1.29, 1.82) is 0 Å². The van der Waals surface area contributed by atoms with Gasteiger partial charge in [0.25, 0.3) is 0 Å². The molecular formula is C19H20F3N5O2. The van der Waals surface area contributed by atoms with Crippen molar-refractivity contribution < 1.29 is 22.8 Å². The van der Waals surface area contributed by atoms with E-state index in [9.17, 15) is 22.8 Å². The van der Waals surface area contributed by atoms with Crippen LogP contribution >= 0.6 is 0 Å². The van der Waals surface area contributed by atoms with Gasteiger partial charge in [0, 0.05) is 45.0 Å². The van der Waals surface area contributed by atoms with Crippen molar-refractivity contribution >= 4 is 17.8 Å². The van der Waals surface area contributed by atoms with Crippen LogP contribution in [0.5, 0.6) is 0 Å². The van der Waals surface area contributed by atoms with E-state index in [-0.39, 0.29) is 31.3 Å². The Kier molecular flexibility index (Phi) is 6.30. The molecule has 0 radical (unpaired) electrons. The molecule has 7 nitrogen and oxygen atoms in total. The predicted molar refractivity (Wildman–Crippen MR) is 98.5 cm³/mol. The molecule has 1 fully saturated rings. The highest BCUT2D eigenvalue weighted by molar-refractivity contribution is 5.89. The standard InChI is InChI=1S/C19H20F3N5O2/c20-19(21,22)15-4-1-3-13(9-15)11-27-12-14(10-16(27)28)17(29)23-7-8-26-18-24-5-2-6-25-18/h1-6,9,14H,7-8,10-12H2,(H,23,29)(H,24,25,26). The third-order valence-corrected chi connectivity index (χ3v) is 4.49. The van der Waals surface area contributed by atoms with Crippen LogP contribution in [0.1, 0.15) is 17.5 Å². The fourth-order valence-electron chi connectivity index (χ4n) is 3.06. The molecule has 1 aromatic heterocycles. The SMILES string of the molecule is O=C(NCCNc1ncccn1)C1CC(=O)N(Cc2cccc(C(F)(F)F)c2)C1. The van der Waals surface area contributed by atoms with Crippen LogP contribution in [0, 0.1) is 5.92 Å². The molecule has 2 N–H and O–H groups in total. The lowest BCUT2D eigenvalue weighted by Gasteiger charge is -2.17. The summed E-state index contributed by atoms with van der Waals surface area (Å²) in [5, 5.41) is 5.70. The van der Waals surface area contributed by atoms with Crippen LogP contribution in [0.2, 0.25) is 0 Å². The molecule has 154 valence electrons. The van der Waals surface area contributed by atoms with E-state index in [1.165, 1.54) is 17.0 Å². The van der Waals surface area contributed by atoms with Crippen LogP contribution < -0.4 is 10.6 Å². The number of aromatic nitrogens is 2. The second-order valence-electron chi connectivity index (χ2n) is 6.66. The molecule has 3 rings (SSSR count). The highest BCUT2D eigenvalue weighted by atomic mass is 19.4. The highest BCUT2D eigenvalue weighted by Crippen LogP contribution is 2.30. The van der Waals surface area contributed by atoms with Gasteiger partial charge in [0.05, 0.1) is 11.5 Å². The first-order chi connectivity index (χ1) is 13.8. The normalized spacial score (nSPS) is 16.7. The number of carbonyl (C=O) groups is 2. The molecular weight excluding hydrogens is 387 g/mol. The van der Waals surface area contributed by atoms with Gasteiger partial charge in [0.1, 0.15) is 0 Å². The molecule has 2 amide bonds. The zero-order valence-corrected chi connectivity index (χ0v) is 15.4. The molecule has 1 atom stereocenters. The number of alkyl halides is 3. The van der Waals surface area contributed by atoms with Crippen molar-refractivity contribution in [3.8, 4) is 0 Å². The van der Waals surface area contributed by atoms with E-state index in [0.29, 0.717) is 24.6 Å². The molecule has 0 aliphatic carbocycles. The molecule has 1 aliphatic heterocycles. The van der Waals surface area contributed by atoms with Crippen molar-refractivity contribution in [3.63, 3.8) is 0 Å². The van der Waals surface area contributed by atoms with Gasteiger partial charge < -0.3 is 15.5 Å². The summed E-state index contributed by atoms with van der Waals surface area (Å²) in [4.78, 5) is 33.9. The minimum atomic E-state index is -4.44. The maximum absolute atomic E-state index is 12.8. The molecule has 1 aromatic carbocycles. The van der Waals surface area contributed by atoms with Crippen LogP contribution in [0.4, 0.5) is 19.1 Å². The van der Waals surface area contributed by atoms with Gasteiger partial charge in [0.15, 0.2) is 0 Å². The minimum Gasteiger partial charge on any atom is -0.354 e. The van der Waals surface area contributed by atoms with Gasteiger partial charge in [-0.25, -0.2) is 9.97 Å². The van der Waals surface area contributed by atoms with E-state index in [1.54, 1.807) is 18.5 Å². The Bertz CT molecular complexity index is 860. The van der Waals surface area contributed by atoms with E-state index < -0.39 is 17.7 Å². The van der Waals surface area contributed by atoms with Crippen LogP contribution in [0.25, 0.3) is 0 Å². The van der Waals surface area contributed by atoms with Gasteiger partial charge >= 0.3 is 6.18 Å². The number of hydrogen-bond acceptors (Lipinski definition) is 5. The molecule has 2 aromatic rings. The summed E-state index contributed by atoms with van der Waals surface area (Å²) >= 11 is 0. The third kappa shape index (κ3) is 5.66. The average molecular weight is 407 g/mol. The van der Waals surface area contributed by atoms with E-state index >= 15 is 0 Å². The Hall–Kier alpha value is -3.17. The molecule has 2 heterocycles. The average Bonchev–Trinajstić information content (AvgIpc) is 3.06. The lowest BCUT2D eigenvalue weighted by atomic mass is 10.1. The van der Waals surface area contributed by atoms with Gasteiger partial charge in [-0.1, -0.05) is 12.1 Å². The fourth-order valence-corrected chi connectivity index (χ4v) is 3.06. The first-order valence-electron chi connectivity index (χ1n) is 9.05. The topological polar surface area (TPSA) is 87.2 Å². The number of hydrogen-bond donors (Lipinski definition) is 2. The Morgan fingerprint density at radius 3 is 2.66 bits per heavy atom. The van der Waals surface area contributed by atoms with Gasteiger partial charge in [-0.3, -0.25) is 9.59 Å². The van der Waals surface area contributed by atoms with E-state index in [2.05, 4.69) is 20.6 Å². The predicted octanol–water partition coefficient (Wildman–Crippen LogP) is 2.07. The largest absolute Gasteiger partial charge is 0.416 e. The first kappa shape index (κ1) is 20.6. The zero-order chi connectivity index (χ0) is 20.9. The maximum Gasteiger partial charge on any atom is 0.416 e. The summed E-state index contributed by atoms with van der Waals surface area (Å²) in [5.41, 5.74) is -0.382. The molecule has 0 spiro atoms. The second-order valence-corrected chi connectivity index (χ2v) is 6.66. The number of anilines is 1. The number of rotatable bonds is 7. The molecule has 29 heavy (non-hydrogen) atoms. The van der Waals surface area contributed by atoms with Gasteiger partial charge in [0.2, 0.25) is 17.8 Å². The van der Waals surface area contributed by atoms with Crippen LogP contribution in [-0.4, -0.2) is 46.3 Å². The lowest BCUT2D eigenvalue weighted by Crippen LogP contribution is -2.35. The maximum atomic E-state index is 12.8. The van der Waals surface area contributed by atoms with E-state index in [0.717, 1.165) is 12.1 Å². The highest BCUT2D eigenvalue weighted by Gasteiger charge is 2.35. The number of nitrogens with one attached hydrogen (secondary N) is 2. The monoisotopic (exact) mass is 407 g/mol. The van der Waals surface area contributed by atoms with Gasteiger partial charge in [-0.2, -0.15) is 13.2 Å². The molecule has 0 bridgehead atoms. The van der Waals surface area contributed by atoms with Gasteiger partial charge in [-0.15, -0.1) is 0 Å². The number of benzene rings is 1. The summed E-state index contributed by atoms with van der Waals surface area (Å²) < 4.78 is 38.5. The molecule has 10 heteroatoms. The van der Waals surface area contributed by atoms with Crippen molar-refractivity contribution in [1.82, 2.24) is 20.2 Å². The van der Waals surface area contributed by atoms with Gasteiger partial charge in [-0.05, 0) is 23.8 Å². The van der Waals surface area contributed by atoms with Crippen LogP contribution in [-0.2, 0) is 22.3 Å². The van der Waals surface area contributed by atoms with Crippen molar-refractivity contribution in [2.75, 3.05) is 25.0 Å². The van der Waals surface area contributed by atoms with Crippen LogP contribution in [0.3, 0.4) is 0 Å². The molecule has 0 saturated carbocycles. The lowest BCUT2D eigenvalue weighted by molar-refractivity contribution is -0.137. The number of nitrogens with zero attached hydrogens (tertiary/aromatic N) is 3. The molecule has 1 unspecified atom stereocenters. The smallest absolute Gasteiger partial charge is 0.354 e. The fraction of sp³-hybridized carbons (Fsp3) is 0.368. The zero-order valence-electron chi connectivity index (χ0n) is 15.4. The van der Waals surface area contributed by atoms with Crippen molar-refractivity contribution in [2.45, 2.75) is 19.1 Å². The Labute approximate surface area is 165 Å².